The fraction of sp³-hybridized carbons (Fsp3) is 0.0400. The van der Waals surface area contributed by atoms with Gasteiger partial charge in [0.1, 0.15) is 46.0 Å². The summed E-state index contributed by atoms with van der Waals surface area (Å²) >= 11 is 0. The van der Waals surface area contributed by atoms with Gasteiger partial charge in [-0.3, -0.25) is 0 Å². The minimum Gasteiger partial charge on any atom is -0.457 e. The van der Waals surface area contributed by atoms with Crippen molar-refractivity contribution < 1.29 is 33.0 Å². The van der Waals surface area contributed by atoms with Crippen LogP contribution in [0.5, 0.6) is 46.0 Å². The van der Waals surface area contributed by atoms with Crippen LogP contribution in [0.3, 0.4) is 0 Å². The predicted molar refractivity (Wildman–Crippen MR) is 239 cm³/mol. The fourth-order valence-electron chi connectivity index (χ4n) is 6.26. The average molecular weight is 813 g/mol. The smallest absolute Gasteiger partial charge is 0.401 e. The summed E-state index contributed by atoms with van der Waals surface area (Å²) in [6.07, 6.45) is 0. The largest absolute Gasteiger partial charge is 0.457 e. The summed E-state index contributed by atoms with van der Waals surface area (Å²) in [7, 11) is -4.33. The maximum atomic E-state index is 10.8. The molecule has 0 aliphatic rings. The topological polar surface area (TPSA) is 86.6 Å². The molecule has 0 spiro atoms. The highest BCUT2D eigenvalue weighted by Crippen LogP contribution is 2.24. The Morgan fingerprint density at radius 1 is 0.288 bits per heavy atom. The van der Waals surface area contributed by atoms with Gasteiger partial charge in [0, 0.05) is 7.11 Å². The zero-order valence-electron chi connectivity index (χ0n) is 32.7. The Morgan fingerprint density at radius 3 is 0.712 bits per heavy atom. The first-order chi connectivity index (χ1) is 28.8. The molecular weight excluding hydrogens is 769 g/mol. The molecule has 0 saturated heterocycles. The van der Waals surface area contributed by atoms with Gasteiger partial charge in [0.05, 0.1) is 0 Å². The SMILES string of the molecule is CO[Si](C)(c1ccc(Oc2ccccc2)cc1)c1ccc(Oc2ccccc2)cc1.O[Si](O)(c1ccc(Oc2ccccc2)cc1)c1ccc(Oc2ccccc2)cc1. The summed E-state index contributed by atoms with van der Waals surface area (Å²) < 4.78 is 29.4. The van der Waals surface area contributed by atoms with Crippen LogP contribution in [0, 0.1) is 0 Å². The van der Waals surface area contributed by atoms with Gasteiger partial charge in [-0.25, -0.2) is 0 Å². The van der Waals surface area contributed by atoms with Crippen molar-refractivity contribution >= 4 is 37.6 Å². The van der Waals surface area contributed by atoms with Gasteiger partial charge in [-0.05, 0) is 124 Å². The zero-order chi connectivity index (χ0) is 40.9. The lowest BCUT2D eigenvalue weighted by Gasteiger charge is -2.26. The zero-order valence-corrected chi connectivity index (χ0v) is 34.7. The molecule has 9 heteroatoms. The maximum Gasteiger partial charge on any atom is 0.401 e. The third-order valence-electron chi connectivity index (χ3n) is 9.65. The summed E-state index contributed by atoms with van der Waals surface area (Å²) in [5.41, 5.74) is 0. The van der Waals surface area contributed by atoms with Gasteiger partial charge in [-0.15, -0.1) is 0 Å². The molecule has 0 bridgehead atoms. The van der Waals surface area contributed by atoms with Crippen LogP contribution in [0.15, 0.2) is 218 Å². The third-order valence-corrected chi connectivity index (χ3v) is 15.6. The Balaban J connectivity index is 0.000000179. The van der Waals surface area contributed by atoms with Crippen molar-refractivity contribution in [2.24, 2.45) is 0 Å². The second-order valence-corrected chi connectivity index (χ2v) is 19.8. The van der Waals surface area contributed by atoms with E-state index >= 15 is 0 Å². The molecule has 0 aromatic heterocycles. The summed E-state index contributed by atoms with van der Waals surface area (Å²) in [6.45, 7) is 2.20. The first-order valence-electron chi connectivity index (χ1n) is 19.1. The molecule has 59 heavy (non-hydrogen) atoms. The van der Waals surface area contributed by atoms with Crippen LogP contribution in [-0.2, 0) is 4.43 Å². The lowest BCUT2D eigenvalue weighted by Crippen LogP contribution is -2.59. The molecule has 0 atom stereocenters. The minimum absolute atomic E-state index is 0.481. The Kier molecular flexibility index (Phi) is 13.1. The Bertz CT molecular complexity index is 2300. The van der Waals surface area contributed by atoms with Crippen molar-refractivity contribution in [3.63, 3.8) is 0 Å². The van der Waals surface area contributed by atoms with E-state index in [-0.39, 0.29) is 0 Å². The lowest BCUT2D eigenvalue weighted by molar-refractivity contribution is 0.401. The summed E-state index contributed by atoms with van der Waals surface area (Å²) in [5, 5.41) is 3.33. The first-order valence-corrected chi connectivity index (χ1v) is 23.4. The number of para-hydroxylation sites is 4. The van der Waals surface area contributed by atoms with E-state index < -0.39 is 16.9 Å². The van der Waals surface area contributed by atoms with Gasteiger partial charge in [-0.1, -0.05) is 121 Å². The monoisotopic (exact) mass is 812 g/mol. The Morgan fingerprint density at radius 2 is 0.492 bits per heavy atom. The molecule has 0 aliphatic heterocycles. The van der Waals surface area contributed by atoms with Gasteiger partial charge in [0.15, 0.2) is 0 Å². The quantitative estimate of drug-likeness (QED) is 0.112. The average Bonchev–Trinajstić information content (AvgIpc) is 3.29. The number of hydrogen-bond acceptors (Lipinski definition) is 7. The Hall–Kier alpha value is -6.73. The van der Waals surface area contributed by atoms with Crippen molar-refractivity contribution in [3.8, 4) is 46.0 Å². The molecule has 0 radical (unpaired) electrons. The molecule has 0 amide bonds. The van der Waals surface area contributed by atoms with Crippen LogP contribution in [0.25, 0.3) is 0 Å². The fourth-order valence-corrected chi connectivity index (χ4v) is 10.3. The third kappa shape index (κ3) is 10.6. The Labute approximate surface area is 347 Å². The van der Waals surface area contributed by atoms with E-state index in [1.54, 1.807) is 55.6 Å². The molecule has 8 aromatic rings. The van der Waals surface area contributed by atoms with Crippen LogP contribution in [0.2, 0.25) is 6.55 Å². The number of rotatable bonds is 13. The highest BCUT2D eigenvalue weighted by atomic mass is 28.4. The van der Waals surface area contributed by atoms with Crippen LogP contribution in [0.4, 0.5) is 0 Å². The second-order valence-electron chi connectivity index (χ2n) is 13.7. The van der Waals surface area contributed by atoms with Crippen molar-refractivity contribution in [1.82, 2.24) is 0 Å². The molecule has 0 heterocycles. The first kappa shape index (κ1) is 40.5. The number of benzene rings is 8. The van der Waals surface area contributed by atoms with E-state index in [2.05, 4.69) is 30.8 Å². The normalized spacial score (nSPS) is 11.1. The number of hydrogen-bond donors (Lipinski definition) is 2. The molecule has 2 N–H and O–H groups in total. The molecule has 0 fully saturated rings. The van der Waals surface area contributed by atoms with Crippen molar-refractivity contribution in [1.29, 1.82) is 0 Å². The highest BCUT2D eigenvalue weighted by Gasteiger charge is 2.35. The van der Waals surface area contributed by atoms with E-state index in [0.717, 1.165) is 34.5 Å². The molecule has 0 saturated carbocycles. The van der Waals surface area contributed by atoms with Crippen LogP contribution in [-0.4, -0.2) is 33.6 Å². The van der Waals surface area contributed by atoms with Gasteiger partial charge >= 0.3 is 8.56 Å². The van der Waals surface area contributed by atoms with Gasteiger partial charge < -0.3 is 33.0 Å². The summed E-state index contributed by atoms with van der Waals surface area (Å²) in [4.78, 5) is 21.7. The molecule has 7 nitrogen and oxygen atoms in total. The summed E-state index contributed by atoms with van der Waals surface area (Å²) in [5.74, 6) is 5.99. The van der Waals surface area contributed by atoms with E-state index in [1.807, 2.05) is 146 Å². The van der Waals surface area contributed by atoms with Gasteiger partial charge in [0.2, 0.25) is 0 Å². The second kappa shape index (κ2) is 19.1. The van der Waals surface area contributed by atoms with Crippen molar-refractivity contribution in [3.05, 3.63) is 218 Å². The van der Waals surface area contributed by atoms with Crippen LogP contribution < -0.4 is 39.7 Å². The maximum absolute atomic E-state index is 10.8. The van der Waals surface area contributed by atoms with Gasteiger partial charge in [0.25, 0.3) is 8.32 Å². The standard InChI is InChI=1S/C26H24O3Si.C24H20O4Si/c1-27-30(2,25-17-13-23(14-18-25)28-21-9-5-3-6-10-21)26-19-15-24(16-20-26)29-22-11-7-4-8-12-22;25-29(26,23-15-11-21(12-16-23)27-19-7-3-1-4-8-19)24-17-13-22(14-18-24)28-20-9-5-2-6-10-20/h3-20H,1-2H3;1-18,25-26H. The molecule has 8 rings (SSSR count). The van der Waals surface area contributed by atoms with E-state index in [1.165, 1.54) is 10.4 Å². The lowest BCUT2D eigenvalue weighted by atomic mass is 10.3. The summed E-state index contributed by atoms with van der Waals surface area (Å²) in [6, 6.07) is 68.6. The minimum atomic E-state index is -3.80. The van der Waals surface area contributed by atoms with Crippen molar-refractivity contribution in [2.75, 3.05) is 7.11 Å². The van der Waals surface area contributed by atoms with Crippen molar-refractivity contribution in [2.45, 2.75) is 6.55 Å². The molecule has 8 aromatic carbocycles. The number of ether oxygens (including phenoxy) is 4. The molecule has 0 aliphatic carbocycles. The molecular formula is C50H44O7Si2. The van der Waals surface area contributed by atoms with E-state index in [0.29, 0.717) is 21.9 Å². The predicted octanol–water partition coefficient (Wildman–Crippen LogP) is 9.42. The van der Waals surface area contributed by atoms with E-state index in [9.17, 15) is 9.59 Å². The van der Waals surface area contributed by atoms with Crippen LogP contribution in [0.1, 0.15) is 0 Å². The molecule has 294 valence electrons. The molecule has 0 unspecified atom stereocenters. The van der Waals surface area contributed by atoms with Crippen LogP contribution >= 0.6 is 0 Å². The highest BCUT2D eigenvalue weighted by molar-refractivity contribution is 6.96. The van der Waals surface area contributed by atoms with E-state index in [4.69, 9.17) is 23.4 Å². The van der Waals surface area contributed by atoms with Gasteiger partial charge in [-0.2, -0.15) is 0 Å².